The Hall–Kier alpha value is -4.02. The van der Waals surface area contributed by atoms with Gasteiger partial charge in [0.25, 0.3) is 11.4 Å². The second-order valence-corrected chi connectivity index (χ2v) is 4.91. The van der Waals surface area contributed by atoms with Crippen LogP contribution in [0.5, 0.6) is 0 Å². The first-order valence-electron chi connectivity index (χ1n) is 6.97. The molecule has 0 bridgehead atoms. The maximum Gasteiger partial charge on any atom is 0.412 e. The fourth-order valence-electron chi connectivity index (χ4n) is 2.02. The maximum atomic E-state index is 11.9. The van der Waals surface area contributed by atoms with E-state index in [4.69, 9.17) is 4.74 Å². The van der Waals surface area contributed by atoms with E-state index < -0.39 is 39.4 Å². The van der Waals surface area contributed by atoms with E-state index in [1.165, 1.54) is 12.1 Å². The number of ether oxygens (including phenoxy) is 1. The number of carbonyl (C=O) groups is 2. The normalized spacial score (nSPS) is 11.2. The van der Waals surface area contributed by atoms with Gasteiger partial charge in [0.05, 0.1) is 21.6 Å². The lowest BCUT2D eigenvalue weighted by Crippen LogP contribution is -2.23. The fraction of sp³-hybridized carbons (Fsp3) is 0.0667. The van der Waals surface area contributed by atoms with Gasteiger partial charge in [-0.2, -0.15) is 0 Å². The number of carboxylic acid groups (broad SMARTS) is 1. The molecule has 0 saturated carbocycles. The number of hydrogen-bond acceptors (Lipinski definition) is 7. The lowest BCUT2D eigenvalue weighted by atomic mass is 10.1. The van der Waals surface area contributed by atoms with Crippen molar-refractivity contribution >= 4 is 29.1 Å². The number of carbonyl (C=O) groups excluding carboxylic acids is 1. The number of anilines is 1. The van der Waals surface area contributed by atoms with Crippen LogP contribution >= 0.6 is 0 Å². The first kappa shape index (κ1) is 18.3. The highest BCUT2D eigenvalue weighted by Crippen LogP contribution is 2.26. The average Bonchev–Trinajstić information content (AvgIpc) is 2.59. The summed E-state index contributed by atoms with van der Waals surface area (Å²) in [6.45, 7) is 0. The van der Waals surface area contributed by atoms with Gasteiger partial charge in [0.1, 0.15) is 0 Å². The molecule has 0 aliphatic heterocycles. The molecular weight excluding hydrogens is 350 g/mol. The first-order valence-corrected chi connectivity index (χ1v) is 6.97. The summed E-state index contributed by atoms with van der Waals surface area (Å²) in [6.07, 6.45) is -2.86. The van der Waals surface area contributed by atoms with Crippen LogP contribution in [0.2, 0.25) is 0 Å². The van der Waals surface area contributed by atoms with E-state index in [1.54, 1.807) is 18.2 Å². The first-order chi connectivity index (χ1) is 12.3. The van der Waals surface area contributed by atoms with Gasteiger partial charge in [-0.3, -0.25) is 25.5 Å². The molecule has 0 aliphatic carbocycles. The SMILES string of the molecule is O=C(Nc1cc([N+](=O)[O-])cc([N+](=O)[O-])c1)O[C@H](C(=O)O)c1ccccc1. The molecule has 2 rings (SSSR count). The van der Waals surface area contributed by atoms with Gasteiger partial charge in [-0.15, -0.1) is 0 Å². The number of benzene rings is 2. The van der Waals surface area contributed by atoms with E-state index in [2.05, 4.69) is 5.32 Å². The summed E-state index contributed by atoms with van der Waals surface area (Å²) in [6, 6.07) is 10.1. The van der Waals surface area contributed by atoms with Gasteiger partial charge < -0.3 is 9.84 Å². The van der Waals surface area contributed by atoms with Gasteiger partial charge in [-0.25, -0.2) is 9.59 Å². The Kier molecular flexibility index (Phi) is 5.43. The Morgan fingerprint density at radius 3 is 2.00 bits per heavy atom. The number of nitro groups is 2. The highest BCUT2D eigenvalue weighted by Gasteiger charge is 2.25. The second-order valence-electron chi connectivity index (χ2n) is 4.91. The van der Waals surface area contributed by atoms with Gasteiger partial charge in [0.2, 0.25) is 6.10 Å². The molecule has 0 aliphatic rings. The van der Waals surface area contributed by atoms with E-state index in [1.807, 2.05) is 0 Å². The van der Waals surface area contributed by atoms with Crippen LogP contribution in [0.3, 0.4) is 0 Å². The Labute approximate surface area is 145 Å². The molecule has 26 heavy (non-hydrogen) atoms. The summed E-state index contributed by atoms with van der Waals surface area (Å²) in [5, 5.41) is 32.9. The van der Waals surface area contributed by atoms with Crippen LogP contribution in [-0.4, -0.2) is 27.0 Å². The third-order valence-corrected chi connectivity index (χ3v) is 3.12. The summed E-state index contributed by atoms with van der Waals surface area (Å²) in [7, 11) is 0. The van der Waals surface area contributed by atoms with Crippen LogP contribution < -0.4 is 5.32 Å². The molecule has 2 aromatic carbocycles. The molecule has 0 spiro atoms. The van der Waals surface area contributed by atoms with E-state index in [0.29, 0.717) is 0 Å². The Morgan fingerprint density at radius 1 is 1.00 bits per heavy atom. The number of nitrogens with zero attached hydrogens (tertiary/aromatic N) is 2. The number of amides is 1. The zero-order valence-corrected chi connectivity index (χ0v) is 12.9. The smallest absolute Gasteiger partial charge is 0.412 e. The highest BCUT2D eigenvalue weighted by molar-refractivity contribution is 5.88. The van der Waals surface area contributed by atoms with Crippen molar-refractivity contribution in [2.24, 2.45) is 0 Å². The summed E-state index contributed by atoms with van der Waals surface area (Å²) >= 11 is 0. The zero-order valence-electron chi connectivity index (χ0n) is 12.9. The van der Waals surface area contributed by atoms with Crippen LogP contribution in [-0.2, 0) is 9.53 Å². The van der Waals surface area contributed by atoms with Crippen molar-refractivity contribution < 1.29 is 29.3 Å². The summed E-state index contributed by atoms with van der Waals surface area (Å²) in [5.41, 5.74) is -1.33. The Morgan fingerprint density at radius 2 is 1.54 bits per heavy atom. The van der Waals surface area contributed by atoms with Gasteiger partial charge in [-0.05, 0) is 0 Å². The molecule has 0 fully saturated rings. The average molecular weight is 361 g/mol. The summed E-state index contributed by atoms with van der Waals surface area (Å²) in [5.74, 6) is -1.43. The van der Waals surface area contributed by atoms with Gasteiger partial charge in [-0.1, -0.05) is 30.3 Å². The van der Waals surface area contributed by atoms with E-state index in [-0.39, 0.29) is 11.3 Å². The van der Waals surface area contributed by atoms with Gasteiger partial charge in [0.15, 0.2) is 0 Å². The van der Waals surface area contributed by atoms with Gasteiger partial charge in [0, 0.05) is 17.7 Å². The predicted molar refractivity (Wildman–Crippen MR) is 86.7 cm³/mol. The minimum Gasteiger partial charge on any atom is -0.478 e. The van der Waals surface area contributed by atoms with E-state index >= 15 is 0 Å². The summed E-state index contributed by atoms with van der Waals surface area (Å²) < 4.78 is 4.81. The van der Waals surface area contributed by atoms with Crippen LogP contribution in [0, 0.1) is 20.2 Å². The number of nitro benzene ring substituents is 2. The quantitative estimate of drug-likeness (QED) is 0.586. The number of non-ortho nitro benzene ring substituents is 2. The Balaban J connectivity index is 2.22. The van der Waals surface area contributed by atoms with Crippen LogP contribution in [0.15, 0.2) is 48.5 Å². The fourth-order valence-corrected chi connectivity index (χ4v) is 2.02. The lowest BCUT2D eigenvalue weighted by molar-refractivity contribution is -0.394. The number of rotatable bonds is 6. The molecule has 1 amide bonds. The molecule has 1 atom stereocenters. The molecule has 11 nitrogen and oxygen atoms in total. The molecule has 134 valence electrons. The van der Waals surface area contributed by atoms with E-state index in [0.717, 1.165) is 18.2 Å². The van der Waals surface area contributed by atoms with Gasteiger partial charge >= 0.3 is 12.1 Å². The molecule has 0 heterocycles. The van der Waals surface area contributed by atoms with Crippen molar-refractivity contribution in [2.75, 3.05) is 5.32 Å². The Bertz CT molecular complexity index is 836. The second kappa shape index (κ2) is 7.70. The topological polar surface area (TPSA) is 162 Å². The van der Waals surface area contributed by atoms with Crippen molar-refractivity contribution in [3.05, 3.63) is 74.3 Å². The lowest BCUT2D eigenvalue weighted by Gasteiger charge is -2.14. The van der Waals surface area contributed by atoms with Crippen molar-refractivity contribution in [3.8, 4) is 0 Å². The molecule has 0 unspecified atom stereocenters. The minimum atomic E-state index is -1.62. The van der Waals surface area contributed by atoms with Crippen LogP contribution in [0.1, 0.15) is 11.7 Å². The molecule has 2 N–H and O–H groups in total. The van der Waals surface area contributed by atoms with E-state index in [9.17, 15) is 34.9 Å². The van der Waals surface area contributed by atoms with Crippen LogP contribution in [0.4, 0.5) is 21.9 Å². The third-order valence-electron chi connectivity index (χ3n) is 3.12. The number of aliphatic carboxylic acids is 1. The molecule has 0 aromatic heterocycles. The molecule has 2 aromatic rings. The molecular formula is C15H11N3O8. The summed E-state index contributed by atoms with van der Waals surface area (Å²) in [4.78, 5) is 43.1. The van der Waals surface area contributed by atoms with Crippen molar-refractivity contribution in [2.45, 2.75) is 6.10 Å². The maximum absolute atomic E-state index is 11.9. The molecule has 11 heteroatoms. The number of carboxylic acids is 1. The predicted octanol–water partition coefficient (Wildman–Crippen LogP) is 2.88. The zero-order chi connectivity index (χ0) is 19.3. The third kappa shape index (κ3) is 4.50. The number of nitrogens with one attached hydrogen (secondary N) is 1. The number of hydrogen-bond donors (Lipinski definition) is 2. The minimum absolute atomic E-state index is 0.195. The highest BCUT2D eigenvalue weighted by atomic mass is 16.6. The van der Waals surface area contributed by atoms with Crippen LogP contribution in [0.25, 0.3) is 0 Å². The molecule has 0 saturated heterocycles. The van der Waals surface area contributed by atoms with Crippen molar-refractivity contribution in [3.63, 3.8) is 0 Å². The van der Waals surface area contributed by atoms with Crippen molar-refractivity contribution in [1.82, 2.24) is 0 Å². The van der Waals surface area contributed by atoms with Crippen molar-refractivity contribution in [1.29, 1.82) is 0 Å². The monoisotopic (exact) mass is 361 g/mol. The largest absolute Gasteiger partial charge is 0.478 e. The molecule has 0 radical (unpaired) electrons. The standard InChI is InChI=1S/C15H11N3O8/c19-14(20)13(9-4-2-1-3-5-9)26-15(21)16-10-6-11(17(22)23)8-12(7-10)18(24)25/h1-8,13H,(H,16,21)(H,19,20)/t13-/m0/s1.